The van der Waals surface area contributed by atoms with Crippen molar-refractivity contribution in [1.29, 1.82) is 0 Å². The molecule has 0 saturated heterocycles. The van der Waals surface area contributed by atoms with Crippen LogP contribution in [-0.2, 0) is 13.1 Å². The van der Waals surface area contributed by atoms with E-state index in [4.69, 9.17) is 16.1 Å². The van der Waals surface area contributed by atoms with Crippen LogP contribution in [0.5, 0.6) is 0 Å². The van der Waals surface area contributed by atoms with Crippen molar-refractivity contribution in [1.82, 2.24) is 24.7 Å². The van der Waals surface area contributed by atoms with Crippen molar-refractivity contribution in [2.75, 3.05) is 5.32 Å². The van der Waals surface area contributed by atoms with Crippen LogP contribution in [0.4, 0.5) is 11.6 Å². The molecule has 1 amide bonds. The topological polar surface area (TPSA) is 134 Å². The number of aromatic nitrogens is 5. The molecular weight excluding hydrogens is 438 g/mol. The van der Waals surface area contributed by atoms with Gasteiger partial charge in [0.1, 0.15) is 5.76 Å². The lowest BCUT2D eigenvalue weighted by atomic mass is 10.2. The summed E-state index contributed by atoms with van der Waals surface area (Å²) in [6.07, 6.45) is 1.45. The smallest absolute Gasteiger partial charge is 0.361 e. The molecule has 164 valence electrons. The standard InChI is InChI=1S/C20H18ClN7O4/c1-12-9-17(23-27(12)10-14-5-3-4-6-16(14)21)22-20(29)19-15(13(2)32-25-19)11-26-8-7-18(24-26)28(30)31/h3-9H,10-11H2,1-2H3,(H,22,23,29). The van der Waals surface area contributed by atoms with Crippen molar-refractivity contribution in [2.24, 2.45) is 0 Å². The molecule has 0 aliphatic carbocycles. The Balaban J connectivity index is 1.51. The highest BCUT2D eigenvalue weighted by Crippen LogP contribution is 2.20. The molecule has 4 aromatic rings. The van der Waals surface area contributed by atoms with Crippen molar-refractivity contribution in [2.45, 2.75) is 26.9 Å². The third kappa shape index (κ3) is 4.37. The molecule has 11 nitrogen and oxygen atoms in total. The first-order valence-corrected chi connectivity index (χ1v) is 9.92. The summed E-state index contributed by atoms with van der Waals surface area (Å²) < 4.78 is 8.25. The number of hydrogen-bond acceptors (Lipinski definition) is 7. The normalized spacial score (nSPS) is 11.0. The number of anilines is 1. The second kappa shape index (κ2) is 8.63. The number of hydrogen-bond donors (Lipinski definition) is 1. The van der Waals surface area contributed by atoms with Crippen molar-refractivity contribution in [3.63, 3.8) is 0 Å². The van der Waals surface area contributed by atoms with Crippen LogP contribution in [0, 0.1) is 24.0 Å². The number of benzene rings is 1. The number of nitrogens with one attached hydrogen (secondary N) is 1. The average molecular weight is 456 g/mol. The van der Waals surface area contributed by atoms with Crippen molar-refractivity contribution in [3.8, 4) is 0 Å². The molecule has 0 aliphatic rings. The number of carbonyl (C=O) groups excluding carboxylic acids is 1. The van der Waals surface area contributed by atoms with Gasteiger partial charge in [0.2, 0.25) is 0 Å². The number of nitrogens with zero attached hydrogens (tertiary/aromatic N) is 6. The van der Waals surface area contributed by atoms with Crippen LogP contribution in [0.1, 0.15) is 33.1 Å². The summed E-state index contributed by atoms with van der Waals surface area (Å²) in [5, 5.41) is 26.3. The fourth-order valence-corrected chi connectivity index (χ4v) is 3.34. The molecule has 0 bridgehead atoms. The quantitative estimate of drug-likeness (QED) is 0.332. The van der Waals surface area contributed by atoms with Crippen LogP contribution in [0.2, 0.25) is 5.02 Å². The summed E-state index contributed by atoms with van der Waals surface area (Å²) in [5.41, 5.74) is 2.26. The van der Waals surface area contributed by atoms with Gasteiger partial charge in [-0.05, 0) is 30.4 Å². The minimum absolute atomic E-state index is 0.0546. The molecule has 32 heavy (non-hydrogen) atoms. The van der Waals surface area contributed by atoms with E-state index in [0.29, 0.717) is 28.7 Å². The molecule has 1 N–H and O–H groups in total. The van der Waals surface area contributed by atoms with E-state index in [-0.39, 0.29) is 18.1 Å². The van der Waals surface area contributed by atoms with Gasteiger partial charge in [-0.2, -0.15) is 9.78 Å². The molecular formula is C20H18ClN7O4. The Morgan fingerprint density at radius 1 is 1.22 bits per heavy atom. The maximum atomic E-state index is 12.8. The van der Waals surface area contributed by atoms with E-state index < -0.39 is 10.8 Å². The SMILES string of the molecule is Cc1onc(C(=O)Nc2cc(C)n(Cc3ccccc3Cl)n2)c1Cn1ccc([N+](=O)[O-])n1. The van der Waals surface area contributed by atoms with Crippen molar-refractivity contribution >= 4 is 29.1 Å². The second-order valence-corrected chi connectivity index (χ2v) is 7.48. The predicted octanol–water partition coefficient (Wildman–Crippen LogP) is 3.59. The molecule has 12 heteroatoms. The third-order valence-corrected chi connectivity index (χ3v) is 5.20. The maximum absolute atomic E-state index is 12.8. The summed E-state index contributed by atoms with van der Waals surface area (Å²) in [7, 11) is 0. The maximum Gasteiger partial charge on any atom is 0.389 e. The molecule has 0 unspecified atom stereocenters. The average Bonchev–Trinajstić information content (AvgIpc) is 3.45. The Morgan fingerprint density at radius 3 is 2.72 bits per heavy atom. The van der Waals surface area contributed by atoms with Gasteiger partial charge < -0.3 is 20.0 Å². The fraction of sp³-hybridized carbons (Fsp3) is 0.200. The van der Waals surface area contributed by atoms with E-state index >= 15 is 0 Å². The lowest BCUT2D eigenvalue weighted by molar-refractivity contribution is -0.389. The first kappa shape index (κ1) is 21.2. The van der Waals surface area contributed by atoms with Crippen LogP contribution < -0.4 is 5.32 Å². The Morgan fingerprint density at radius 2 is 2.00 bits per heavy atom. The zero-order chi connectivity index (χ0) is 22.8. The lowest BCUT2D eigenvalue weighted by Crippen LogP contribution is -2.16. The highest BCUT2D eigenvalue weighted by atomic mass is 35.5. The number of aryl methyl sites for hydroxylation is 2. The first-order valence-electron chi connectivity index (χ1n) is 9.54. The van der Waals surface area contributed by atoms with Gasteiger partial charge in [-0.1, -0.05) is 35.0 Å². The fourth-order valence-electron chi connectivity index (χ4n) is 3.15. The van der Waals surface area contributed by atoms with Gasteiger partial charge in [-0.25, -0.2) is 0 Å². The van der Waals surface area contributed by atoms with E-state index in [0.717, 1.165) is 11.3 Å². The molecule has 0 spiro atoms. The van der Waals surface area contributed by atoms with Gasteiger partial charge in [0.05, 0.1) is 36.0 Å². The summed E-state index contributed by atoms with van der Waals surface area (Å²) in [6, 6.07) is 10.5. The van der Waals surface area contributed by atoms with E-state index in [1.54, 1.807) is 23.7 Å². The van der Waals surface area contributed by atoms with Crippen LogP contribution >= 0.6 is 11.6 Å². The van der Waals surface area contributed by atoms with Gasteiger partial charge in [-0.3, -0.25) is 9.48 Å². The van der Waals surface area contributed by atoms with Gasteiger partial charge in [0.25, 0.3) is 5.91 Å². The highest BCUT2D eigenvalue weighted by molar-refractivity contribution is 6.31. The molecule has 3 aromatic heterocycles. The van der Waals surface area contributed by atoms with Crippen LogP contribution in [0.3, 0.4) is 0 Å². The Kier molecular flexibility index (Phi) is 5.73. The molecule has 0 saturated carbocycles. The van der Waals surface area contributed by atoms with E-state index in [1.807, 2.05) is 25.1 Å². The summed E-state index contributed by atoms with van der Waals surface area (Å²) in [4.78, 5) is 23.1. The van der Waals surface area contributed by atoms with E-state index in [2.05, 4.69) is 20.7 Å². The van der Waals surface area contributed by atoms with Gasteiger partial charge in [0, 0.05) is 16.8 Å². The number of rotatable bonds is 7. The Labute approximate surface area is 186 Å². The molecule has 0 radical (unpaired) electrons. The lowest BCUT2D eigenvalue weighted by Gasteiger charge is -2.06. The van der Waals surface area contributed by atoms with E-state index in [9.17, 15) is 14.9 Å². The molecule has 1 aromatic carbocycles. The van der Waals surface area contributed by atoms with Crippen molar-refractivity contribution in [3.05, 3.63) is 86.0 Å². The third-order valence-electron chi connectivity index (χ3n) is 4.83. The highest BCUT2D eigenvalue weighted by Gasteiger charge is 2.23. The minimum Gasteiger partial charge on any atom is -0.361 e. The van der Waals surface area contributed by atoms with Gasteiger partial charge >= 0.3 is 5.82 Å². The molecule has 3 heterocycles. The first-order chi connectivity index (χ1) is 15.3. The molecule has 0 aliphatic heterocycles. The number of carbonyl (C=O) groups is 1. The Bertz CT molecular complexity index is 1310. The zero-order valence-corrected chi connectivity index (χ0v) is 17.9. The molecule has 0 atom stereocenters. The zero-order valence-electron chi connectivity index (χ0n) is 17.1. The van der Waals surface area contributed by atoms with Crippen LogP contribution in [0.15, 0.2) is 47.1 Å². The molecule has 4 rings (SSSR count). The monoisotopic (exact) mass is 455 g/mol. The largest absolute Gasteiger partial charge is 0.389 e. The Hall–Kier alpha value is -3.99. The van der Waals surface area contributed by atoms with Crippen molar-refractivity contribution < 1.29 is 14.2 Å². The minimum atomic E-state index is -0.591. The summed E-state index contributed by atoms with van der Waals surface area (Å²) in [5.74, 6) is -0.0415. The van der Waals surface area contributed by atoms with Gasteiger partial charge in [-0.15, -0.1) is 0 Å². The number of amides is 1. The number of nitro groups is 1. The van der Waals surface area contributed by atoms with Crippen LogP contribution in [-0.4, -0.2) is 35.5 Å². The number of halogens is 1. The van der Waals surface area contributed by atoms with E-state index in [1.165, 1.54) is 16.9 Å². The predicted molar refractivity (Wildman–Crippen MR) is 115 cm³/mol. The summed E-state index contributed by atoms with van der Waals surface area (Å²) in [6.45, 7) is 4.06. The summed E-state index contributed by atoms with van der Waals surface area (Å²) >= 11 is 6.23. The van der Waals surface area contributed by atoms with Gasteiger partial charge in [0.15, 0.2) is 11.5 Å². The van der Waals surface area contributed by atoms with Crippen LogP contribution in [0.25, 0.3) is 0 Å². The molecule has 0 fully saturated rings. The second-order valence-electron chi connectivity index (χ2n) is 7.07.